The highest BCUT2D eigenvalue weighted by Gasteiger charge is 2.13. The number of furan rings is 1. The predicted molar refractivity (Wildman–Crippen MR) is 60.0 cm³/mol. The van der Waals surface area contributed by atoms with Crippen molar-refractivity contribution in [3.63, 3.8) is 0 Å². The molecule has 0 fully saturated rings. The Morgan fingerprint density at radius 2 is 2.29 bits per heavy atom. The number of aliphatic hydroxyl groups excluding tert-OH is 1. The molecular weight excluding hydrogens is 226 g/mol. The standard InChI is InChI=1S/C11H17NO5/c1-8-6-9(17-10(8)11(14)15)7-12-2-4-16-5-3-13/h6,12-13H,2-5,7H2,1H3,(H,14,15). The van der Waals surface area contributed by atoms with Crippen molar-refractivity contribution in [3.05, 3.63) is 23.2 Å². The molecule has 0 aliphatic carbocycles. The number of aliphatic hydroxyl groups is 1. The van der Waals surface area contributed by atoms with Gasteiger partial charge >= 0.3 is 5.97 Å². The van der Waals surface area contributed by atoms with Gasteiger partial charge in [0.05, 0.1) is 26.4 Å². The lowest BCUT2D eigenvalue weighted by Gasteiger charge is -2.03. The third-order valence-electron chi connectivity index (χ3n) is 2.12. The maximum atomic E-state index is 10.7. The molecule has 0 amide bonds. The first-order valence-electron chi connectivity index (χ1n) is 5.37. The minimum atomic E-state index is -1.06. The molecule has 1 aromatic heterocycles. The summed E-state index contributed by atoms with van der Waals surface area (Å²) < 4.78 is 10.2. The second kappa shape index (κ2) is 7.05. The maximum absolute atomic E-state index is 10.7. The fraction of sp³-hybridized carbons (Fsp3) is 0.545. The summed E-state index contributed by atoms with van der Waals surface area (Å²) in [6.07, 6.45) is 0. The Labute approximate surface area is 99.2 Å². The quantitative estimate of drug-likeness (QED) is 0.572. The van der Waals surface area contributed by atoms with E-state index in [0.717, 1.165) is 0 Å². The van der Waals surface area contributed by atoms with Crippen LogP contribution in [0.1, 0.15) is 21.9 Å². The molecule has 0 saturated heterocycles. The molecule has 0 atom stereocenters. The zero-order valence-electron chi connectivity index (χ0n) is 9.73. The third kappa shape index (κ3) is 4.56. The van der Waals surface area contributed by atoms with Crippen LogP contribution in [0.25, 0.3) is 0 Å². The minimum absolute atomic E-state index is 0.0132. The van der Waals surface area contributed by atoms with Crippen LogP contribution in [0.15, 0.2) is 10.5 Å². The van der Waals surface area contributed by atoms with Crippen molar-refractivity contribution < 1.29 is 24.2 Å². The summed E-state index contributed by atoms with van der Waals surface area (Å²) in [6, 6.07) is 1.70. The molecule has 1 aromatic rings. The molecular formula is C11H17NO5. The van der Waals surface area contributed by atoms with Gasteiger partial charge in [-0.05, 0) is 13.0 Å². The number of hydrogen-bond acceptors (Lipinski definition) is 5. The third-order valence-corrected chi connectivity index (χ3v) is 2.12. The zero-order valence-corrected chi connectivity index (χ0v) is 9.73. The van der Waals surface area contributed by atoms with Gasteiger partial charge in [0.25, 0.3) is 0 Å². The summed E-state index contributed by atoms with van der Waals surface area (Å²) in [7, 11) is 0. The van der Waals surface area contributed by atoms with Gasteiger partial charge < -0.3 is 24.7 Å². The van der Waals surface area contributed by atoms with Crippen LogP contribution in [0, 0.1) is 6.92 Å². The number of nitrogens with one attached hydrogen (secondary N) is 1. The number of hydrogen-bond donors (Lipinski definition) is 3. The lowest BCUT2D eigenvalue weighted by atomic mass is 10.2. The van der Waals surface area contributed by atoms with Crippen molar-refractivity contribution in [1.29, 1.82) is 0 Å². The van der Waals surface area contributed by atoms with Crippen LogP contribution in [-0.4, -0.2) is 42.5 Å². The van der Waals surface area contributed by atoms with Crippen molar-refractivity contribution in [2.24, 2.45) is 0 Å². The Hall–Kier alpha value is -1.37. The van der Waals surface area contributed by atoms with E-state index < -0.39 is 5.97 Å². The first-order valence-corrected chi connectivity index (χ1v) is 5.37. The molecule has 3 N–H and O–H groups in total. The van der Waals surface area contributed by atoms with Crippen LogP contribution in [0.3, 0.4) is 0 Å². The average Bonchev–Trinajstić information content (AvgIpc) is 2.65. The fourth-order valence-corrected chi connectivity index (χ4v) is 1.37. The highest BCUT2D eigenvalue weighted by molar-refractivity contribution is 5.86. The molecule has 1 rings (SSSR count). The normalized spacial score (nSPS) is 10.7. The molecule has 0 saturated carbocycles. The Morgan fingerprint density at radius 3 is 2.88 bits per heavy atom. The van der Waals surface area contributed by atoms with Gasteiger partial charge in [-0.15, -0.1) is 0 Å². The first-order chi connectivity index (χ1) is 8.15. The maximum Gasteiger partial charge on any atom is 0.372 e. The van der Waals surface area contributed by atoms with Gasteiger partial charge in [-0.2, -0.15) is 0 Å². The fourth-order valence-electron chi connectivity index (χ4n) is 1.37. The summed E-state index contributed by atoms with van der Waals surface area (Å²) >= 11 is 0. The molecule has 1 heterocycles. The topological polar surface area (TPSA) is 91.9 Å². The highest BCUT2D eigenvalue weighted by atomic mass is 16.5. The Bertz CT molecular complexity index is 361. The van der Waals surface area contributed by atoms with E-state index in [1.165, 1.54) is 0 Å². The largest absolute Gasteiger partial charge is 0.475 e. The summed E-state index contributed by atoms with van der Waals surface area (Å²) in [5.41, 5.74) is 0.617. The van der Waals surface area contributed by atoms with Gasteiger partial charge in [0, 0.05) is 12.1 Å². The van der Waals surface area contributed by atoms with Gasteiger partial charge in [-0.3, -0.25) is 0 Å². The zero-order chi connectivity index (χ0) is 12.7. The average molecular weight is 243 g/mol. The Kier molecular flexibility index (Phi) is 5.68. The number of carboxylic acids is 1. The highest BCUT2D eigenvalue weighted by Crippen LogP contribution is 2.14. The lowest BCUT2D eigenvalue weighted by molar-refractivity contribution is 0.0658. The van der Waals surface area contributed by atoms with Crippen molar-refractivity contribution in [1.82, 2.24) is 5.32 Å². The van der Waals surface area contributed by atoms with E-state index in [0.29, 0.717) is 37.6 Å². The summed E-state index contributed by atoms with van der Waals surface area (Å²) in [4.78, 5) is 10.7. The number of carboxylic acid groups (broad SMARTS) is 1. The van der Waals surface area contributed by atoms with Crippen LogP contribution in [-0.2, 0) is 11.3 Å². The summed E-state index contributed by atoms with van der Waals surface area (Å²) in [5, 5.41) is 20.3. The second-order valence-electron chi connectivity index (χ2n) is 3.54. The van der Waals surface area contributed by atoms with Crippen LogP contribution in [0.2, 0.25) is 0 Å². The Balaban J connectivity index is 2.27. The number of ether oxygens (including phenoxy) is 1. The van der Waals surface area contributed by atoms with Crippen LogP contribution < -0.4 is 5.32 Å². The number of rotatable bonds is 8. The molecule has 6 heteroatoms. The van der Waals surface area contributed by atoms with Gasteiger partial charge in [0.1, 0.15) is 5.76 Å². The van der Waals surface area contributed by atoms with E-state index in [4.69, 9.17) is 19.4 Å². The van der Waals surface area contributed by atoms with Gasteiger partial charge in [-0.25, -0.2) is 4.79 Å². The number of carbonyl (C=O) groups is 1. The molecule has 96 valence electrons. The second-order valence-corrected chi connectivity index (χ2v) is 3.54. The molecule has 17 heavy (non-hydrogen) atoms. The molecule has 6 nitrogen and oxygen atoms in total. The van der Waals surface area contributed by atoms with E-state index in [9.17, 15) is 4.79 Å². The van der Waals surface area contributed by atoms with E-state index in [2.05, 4.69) is 5.32 Å². The molecule has 0 spiro atoms. The smallest absolute Gasteiger partial charge is 0.372 e. The molecule has 0 aliphatic heterocycles. The van der Waals surface area contributed by atoms with Crippen LogP contribution >= 0.6 is 0 Å². The summed E-state index contributed by atoms with van der Waals surface area (Å²) in [5.74, 6) is -0.486. The van der Waals surface area contributed by atoms with E-state index >= 15 is 0 Å². The monoisotopic (exact) mass is 243 g/mol. The molecule has 0 aromatic carbocycles. The van der Waals surface area contributed by atoms with Crippen LogP contribution in [0.4, 0.5) is 0 Å². The van der Waals surface area contributed by atoms with Crippen molar-refractivity contribution >= 4 is 5.97 Å². The van der Waals surface area contributed by atoms with E-state index in [1.54, 1.807) is 13.0 Å². The number of aromatic carboxylic acids is 1. The van der Waals surface area contributed by atoms with Crippen molar-refractivity contribution in [2.45, 2.75) is 13.5 Å². The first kappa shape index (κ1) is 13.7. The van der Waals surface area contributed by atoms with E-state index in [-0.39, 0.29) is 12.4 Å². The van der Waals surface area contributed by atoms with Gasteiger partial charge in [0.2, 0.25) is 5.76 Å². The van der Waals surface area contributed by atoms with Crippen molar-refractivity contribution in [2.75, 3.05) is 26.4 Å². The van der Waals surface area contributed by atoms with Crippen LogP contribution in [0.5, 0.6) is 0 Å². The SMILES string of the molecule is Cc1cc(CNCCOCCO)oc1C(=O)O. The van der Waals surface area contributed by atoms with Crippen molar-refractivity contribution in [3.8, 4) is 0 Å². The lowest BCUT2D eigenvalue weighted by Crippen LogP contribution is -2.19. The Morgan fingerprint density at radius 1 is 1.53 bits per heavy atom. The predicted octanol–water partition coefficient (Wildman–Crippen LogP) is 0.385. The van der Waals surface area contributed by atoms with E-state index in [1.807, 2.05) is 0 Å². The molecule has 0 bridgehead atoms. The molecule has 0 aliphatic rings. The summed E-state index contributed by atoms with van der Waals surface area (Å²) in [6.45, 7) is 3.59. The minimum Gasteiger partial charge on any atom is -0.475 e. The molecule has 0 unspecified atom stereocenters. The molecule has 0 radical (unpaired) electrons. The number of aryl methyl sites for hydroxylation is 1. The van der Waals surface area contributed by atoms with Gasteiger partial charge in [-0.1, -0.05) is 0 Å². The van der Waals surface area contributed by atoms with Gasteiger partial charge in [0.15, 0.2) is 0 Å².